The molecule has 0 atom stereocenters. The van der Waals surface area contributed by atoms with Gasteiger partial charge >= 0.3 is 0 Å². The molecule has 5 heteroatoms. The normalized spacial score (nSPS) is 12.9. The molecular formula is C22H19N3O2. The lowest BCUT2D eigenvalue weighted by Gasteiger charge is -2.20. The zero-order valence-electron chi connectivity index (χ0n) is 15.0. The first kappa shape index (κ1) is 16.0. The Bertz CT molecular complexity index is 1330. The number of aromatic amines is 2. The van der Waals surface area contributed by atoms with E-state index in [-0.39, 0.29) is 10.9 Å². The van der Waals surface area contributed by atoms with Crippen molar-refractivity contribution in [3.8, 4) is 0 Å². The number of pyridine rings is 2. The third-order valence-electron chi connectivity index (χ3n) is 5.44. The van der Waals surface area contributed by atoms with Crippen LogP contribution in [0.2, 0.25) is 0 Å². The van der Waals surface area contributed by atoms with Crippen molar-refractivity contribution in [2.24, 2.45) is 0 Å². The van der Waals surface area contributed by atoms with Crippen molar-refractivity contribution >= 4 is 21.8 Å². The summed E-state index contributed by atoms with van der Waals surface area (Å²) in [5, 5.41) is 4.51. The molecule has 0 saturated heterocycles. The molecule has 0 aliphatic heterocycles. The fraction of sp³-hybridized carbons (Fsp3) is 0.182. The summed E-state index contributed by atoms with van der Waals surface area (Å²) >= 11 is 0. The molecule has 4 aromatic rings. The Kier molecular flexibility index (Phi) is 3.52. The number of hydrogen-bond donors (Lipinski definition) is 3. The highest BCUT2D eigenvalue weighted by molar-refractivity contribution is 5.82. The van der Waals surface area contributed by atoms with Gasteiger partial charge in [-0.2, -0.15) is 0 Å². The van der Waals surface area contributed by atoms with Crippen molar-refractivity contribution < 1.29 is 0 Å². The molecule has 3 N–H and O–H groups in total. The molecule has 0 fully saturated rings. The van der Waals surface area contributed by atoms with Gasteiger partial charge in [-0.1, -0.05) is 18.2 Å². The van der Waals surface area contributed by atoms with Crippen LogP contribution >= 0.6 is 0 Å². The van der Waals surface area contributed by atoms with E-state index < -0.39 is 0 Å². The van der Waals surface area contributed by atoms with Crippen LogP contribution < -0.4 is 16.2 Å². The number of hydrogen-bond acceptors (Lipinski definition) is 3. The number of fused-ring (bicyclic) bond motifs is 4. The highest BCUT2D eigenvalue weighted by Gasteiger charge is 2.23. The molecular weight excluding hydrogens is 338 g/mol. The first-order valence-electron chi connectivity index (χ1n) is 9.09. The minimum Gasteiger partial charge on any atom is -0.358 e. The van der Waals surface area contributed by atoms with E-state index >= 15 is 0 Å². The maximum absolute atomic E-state index is 13.2. The Morgan fingerprint density at radius 2 is 1.48 bits per heavy atom. The molecule has 0 unspecified atom stereocenters. The second kappa shape index (κ2) is 5.93. The lowest BCUT2D eigenvalue weighted by molar-refractivity contribution is 0.818. The molecule has 5 nitrogen and oxygen atoms in total. The second-order valence-corrected chi connectivity index (χ2v) is 7.13. The lowest BCUT2D eigenvalue weighted by Crippen LogP contribution is -2.26. The van der Waals surface area contributed by atoms with Crippen molar-refractivity contribution in [3.05, 3.63) is 91.0 Å². The van der Waals surface area contributed by atoms with Gasteiger partial charge in [-0.25, -0.2) is 0 Å². The van der Waals surface area contributed by atoms with E-state index in [1.54, 1.807) is 0 Å². The summed E-state index contributed by atoms with van der Waals surface area (Å²) in [7, 11) is 1.89. The average Bonchev–Trinajstić information content (AvgIpc) is 2.68. The Morgan fingerprint density at radius 3 is 2.19 bits per heavy atom. The van der Waals surface area contributed by atoms with Gasteiger partial charge in [0, 0.05) is 63.7 Å². The van der Waals surface area contributed by atoms with Gasteiger partial charge in [0.2, 0.25) is 0 Å². The van der Waals surface area contributed by atoms with Gasteiger partial charge in [0.25, 0.3) is 0 Å². The largest absolute Gasteiger partial charge is 0.358 e. The summed E-state index contributed by atoms with van der Waals surface area (Å²) in [6, 6.07) is 13.4. The topological polar surface area (TPSA) is 77.8 Å². The van der Waals surface area contributed by atoms with Crippen molar-refractivity contribution in [1.82, 2.24) is 15.3 Å². The van der Waals surface area contributed by atoms with Crippen molar-refractivity contribution in [2.75, 3.05) is 7.05 Å². The monoisotopic (exact) mass is 357 g/mol. The Balaban J connectivity index is 1.72. The smallest absolute Gasteiger partial charge is 0.193 e. The molecule has 0 saturated carbocycles. The highest BCUT2D eigenvalue weighted by Crippen LogP contribution is 2.25. The van der Waals surface area contributed by atoms with Gasteiger partial charge in [0.15, 0.2) is 10.9 Å². The van der Waals surface area contributed by atoms with Gasteiger partial charge in [-0.15, -0.1) is 0 Å². The third kappa shape index (κ3) is 2.43. The van der Waals surface area contributed by atoms with Crippen LogP contribution in [0.15, 0.2) is 52.1 Å². The third-order valence-corrected chi connectivity index (χ3v) is 5.44. The van der Waals surface area contributed by atoms with Gasteiger partial charge in [0.1, 0.15) is 0 Å². The number of aromatic nitrogens is 2. The molecule has 0 amide bonds. The van der Waals surface area contributed by atoms with Crippen LogP contribution in [0.3, 0.4) is 0 Å². The van der Waals surface area contributed by atoms with Crippen LogP contribution in [-0.4, -0.2) is 17.0 Å². The van der Waals surface area contributed by atoms with Gasteiger partial charge < -0.3 is 15.3 Å². The zero-order chi connectivity index (χ0) is 18.5. The molecule has 2 heterocycles. The molecule has 1 aliphatic carbocycles. The minimum atomic E-state index is 0.0512. The van der Waals surface area contributed by atoms with E-state index in [1.165, 1.54) is 0 Å². The fourth-order valence-corrected chi connectivity index (χ4v) is 4.10. The van der Waals surface area contributed by atoms with Crippen LogP contribution in [0, 0.1) is 0 Å². The molecule has 0 spiro atoms. The van der Waals surface area contributed by atoms with Gasteiger partial charge in [0.05, 0.1) is 0 Å². The van der Waals surface area contributed by atoms with Crippen LogP contribution in [0.4, 0.5) is 0 Å². The molecule has 0 radical (unpaired) electrons. The van der Waals surface area contributed by atoms with Gasteiger partial charge in [-0.3, -0.25) is 9.59 Å². The number of para-hydroxylation sites is 1. The Labute approximate surface area is 155 Å². The SMILES string of the molecule is CNCc1ccc2[nH]c3c(c(=O)c2c1)Cc1[nH]c2ccccc2c(=O)c1C3. The number of nitrogens with one attached hydrogen (secondary N) is 3. The molecule has 1 aliphatic rings. The number of benzene rings is 2. The standard InChI is InChI=1S/C22H19N3O2/c1-23-11-12-6-7-18-14(8-12)22(27)16-10-19-15(9-20(16)25-18)21(26)13-4-2-3-5-17(13)24-19/h2-8,23H,9-11H2,1H3,(H,24,26)(H,25,27). The van der Waals surface area contributed by atoms with Crippen LogP contribution in [-0.2, 0) is 19.4 Å². The summed E-state index contributed by atoms with van der Waals surface area (Å²) in [5.41, 5.74) is 6.02. The molecule has 0 bridgehead atoms. The summed E-state index contributed by atoms with van der Waals surface area (Å²) in [4.78, 5) is 32.9. The van der Waals surface area contributed by atoms with Crippen molar-refractivity contribution in [2.45, 2.75) is 19.4 Å². The summed E-state index contributed by atoms with van der Waals surface area (Å²) < 4.78 is 0. The van der Waals surface area contributed by atoms with Gasteiger partial charge in [-0.05, 0) is 36.9 Å². The number of H-pyrrole nitrogens is 2. The molecule has 2 aromatic heterocycles. The van der Waals surface area contributed by atoms with E-state index in [0.717, 1.165) is 39.1 Å². The second-order valence-electron chi connectivity index (χ2n) is 7.13. The number of rotatable bonds is 2. The highest BCUT2D eigenvalue weighted by atomic mass is 16.1. The van der Waals surface area contributed by atoms with Crippen molar-refractivity contribution in [1.29, 1.82) is 0 Å². The van der Waals surface area contributed by atoms with E-state index in [9.17, 15) is 9.59 Å². The Morgan fingerprint density at radius 1 is 0.852 bits per heavy atom. The molecule has 5 rings (SSSR count). The quantitative estimate of drug-likeness (QED) is 0.454. The first-order valence-corrected chi connectivity index (χ1v) is 9.09. The maximum atomic E-state index is 13.2. The molecule has 27 heavy (non-hydrogen) atoms. The molecule has 2 aromatic carbocycles. The summed E-state index contributed by atoms with van der Waals surface area (Å²) in [6.07, 6.45) is 0.903. The summed E-state index contributed by atoms with van der Waals surface area (Å²) in [5.74, 6) is 0. The predicted molar refractivity (Wildman–Crippen MR) is 108 cm³/mol. The van der Waals surface area contributed by atoms with E-state index in [0.29, 0.717) is 30.2 Å². The Hall–Kier alpha value is -3.18. The summed E-state index contributed by atoms with van der Waals surface area (Å²) in [6.45, 7) is 0.717. The zero-order valence-corrected chi connectivity index (χ0v) is 15.0. The van der Waals surface area contributed by atoms with Crippen molar-refractivity contribution in [3.63, 3.8) is 0 Å². The van der Waals surface area contributed by atoms with Crippen LogP contribution in [0.1, 0.15) is 28.1 Å². The fourth-order valence-electron chi connectivity index (χ4n) is 4.10. The van der Waals surface area contributed by atoms with Crippen LogP contribution in [0.5, 0.6) is 0 Å². The minimum absolute atomic E-state index is 0.0512. The first-order chi connectivity index (χ1) is 13.2. The van der Waals surface area contributed by atoms with Crippen LogP contribution in [0.25, 0.3) is 21.8 Å². The average molecular weight is 357 g/mol. The van der Waals surface area contributed by atoms with E-state index in [4.69, 9.17) is 0 Å². The van der Waals surface area contributed by atoms with E-state index in [2.05, 4.69) is 15.3 Å². The van der Waals surface area contributed by atoms with E-state index in [1.807, 2.05) is 49.5 Å². The predicted octanol–water partition coefficient (Wildman–Crippen LogP) is 2.58. The lowest BCUT2D eigenvalue weighted by atomic mass is 9.90. The molecule has 134 valence electrons. The maximum Gasteiger partial charge on any atom is 0.193 e.